The van der Waals surface area contributed by atoms with Gasteiger partial charge < -0.3 is 4.90 Å². The third-order valence-electron chi connectivity index (χ3n) is 6.64. The van der Waals surface area contributed by atoms with Gasteiger partial charge in [0.05, 0.1) is 23.1 Å². The van der Waals surface area contributed by atoms with Gasteiger partial charge in [-0.2, -0.15) is 0 Å². The fraction of sp³-hybridized carbons (Fsp3) is 0.522. The van der Waals surface area contributed by atoms with E-state index in [-0.39, 0.29) is 35.6 Å². The van der Waals surface area contributed by atoms with E-state index in [0.29, 0.717) is 24.1 Å². The Labute approximate surface area is 166 Å². The number of rotatable bonds is 3. The summed E-state index contributed by atoms with van der Waals surface area (Å²) in [5.74, 6) is -1.03. The molecule has 2 aliphatic carbocycles. The first kappa shape index (κ1) is 18.9. The van der Waals surface area contributed by atoms with E-state index in [0.717, 1.165) is 31.3 Å². The van der Waals surface area contributed by atoms with Crippen LogP contribution in [0.1, 0.15) is 62.2 Å². The van der Waals surface area contributed by atoms with Gasteiger partial charge in [0.25, 0.3) is 5.91 Å². The molecule has 4 rings (SSSR count). The van der Waals surface area contributed by atoms with Crippen LogP contribution in [-0.4, -0.2) is 35.7 Å². The largest absolute Gasteiger partial charge is 0.339 e. The molecule has 2 fully saturated rings. The monoisotopic (exact) mass is 380 g/mol. The Hall–Kier alpha value is -2.43. The van der Waals surface area contributed by atoms with Gasteiger partial charge in [0, 0.05) is 13.1 Å². The van der Waals surface area contributed by atoms with Crippen LogP contribution in [0.5, 0.6) is 0 Å². The highest BCUT2D eigenvalue weighted by Crippen LogP contribution is 2.40. The third kappa shape index (κ3) is 3.17. The highest BCUT2D eigenvalue weighted by atomic mass is 16.2. The lowest BCUT2D eigenvalue weighted by Gasteiger charge is -2.32. The van der Waals surface area contributed by atoms with Crippen LogP contribution in [-0.2, 0) is 9.59 Å². The number of anilines is 1. The van der Waals surface area contributed by atoms with Crippen LogP contribution < -0.4 is 4.90 Å². The first-order valence-electron chi connectivity index (χ1n) is 10.4. The van der Waals surface area contributed by atoms with Crippen LogP contribution in [0.3, 0.4) is 0 Å². The molecule has 3 amide bonds. The summed E-state index contributed by atoms with van der Waals surface area (Å²) in [6.07, 6.45) is 8.83. The molecule has 1 aromatic carbocycles. The molecule has 0 unspecified atom stereocenters. The van der Waals surface area contributed by atoms with Gasteiger partial charge in [-0.15, -0.1) is 0 Å². The van der Waals surface area contributed by atoms with E-state index in [9.17, 15) is 14.4 Å². The van der Waals surface area contributed by atoms with Gasteiger partial charge in [0.1, 0.15) is 0 Å². The quantitative estimate of drug-likeness (QED) is 0.590. The van der Waals surface area contributed by atoms with Gasteiger partial charge in [0.2, 0.25) is 11.8 Å². The number of allylic oxidation sites excluding steroid dienone is 2. The van der Waals surface area contributed by atoms with Crippen molar-refractivity contribution in [3.63, 3.8) is 0 Å². The third-order valence-corrected chi connectivity index (χ3v) is 6.64. The van der Waals surface area contributed by atoms with Gasteiger partial charge in [-0.25, -0.2) is 4.90 Å². The number of hydrogen-bond donors (Lipinski definition) is 0. The lowest BCUT2D eigenvalue weighted by molar-refractivity contribution is -0.122. The molecule has 28 heavy (non-hydrogen) atoms. The van der Waals surface area contributed by atoms with Crippen molar-refractivity contribution in [2.75, 3.05) is 11.9 Å². The molecule has 5 heteroatoms. The molecule has 3 aliphatic rings. The van der Waals surface area contributed by atoms with E-state index in [2.05, 4.69) is 6.08 Å². The second-order valence-corrected chi connectivity index (χ2v) is 8.44. The van der Waals surface area contributed by atoms with E-state index < -0.39 is 0 Å². The Kier molecular flexibility index (Phi) is 5.09. The molecule has 1 heterocycles. The number of imide groups is 1. The molecular formula is C23H28N2O3. The molecule has 0 spiro atoms. The smallest absolute Gasteiger partial charge is 0.255 e. The van der Waals surface area contributed by atoms with Crippen LogP contribution in [0.2, 0.25) is 0 Å². The molecule has 1 aliphatic heterocycles. The highest BCUT2D eigenvalue weighted by molar-refractivity contribution is 6.24. The number of fused-ring (bicyclic) bond motifs is 1. The fourth-order valence-electron chi connectivity index (χ4n) is 4.95. The van der Waals surface area contributed by atoms with Gasteiger partial charge in [0.15, 0.2) is 0 Å². The highest BCUT2D eigenvalue weighted by Gasteiger charge is 2.49. The number of carbonyl (C=O) groups is 3. The number of benzene rings is 1. The van der Waals surface area contributed by atoms with Gasteiger partial charge >= 0.3 is 0 Å². The van der Waals surface area contributed by atoms with E-state index in [1.807, 2.05) is 18.9 Å². The predicted octanol–water partition coefficient (Wildman–Crippen LogP) is 3.94. The Balaban J connectivity index is 1.64. The number of amides is 3. The summed E-state index contributed by atoms with van der Waals surface area (Å²) in [5.41, 5.74) is 2.04. The van der Waals surface area contributed by atoms with Crippen LogP contribution in [0, 0.1) is 11.8 Å². The molecule has 1 aromatic rings. The van der Waals surface area contributed by atoms with E-state index in [1.165, 1.54) is 11.3 Å². The minimum Gasteiger partial charge on any atom is -0.339 e. The second kappa shape index (κ2) is 7.53. The van der Waals surface area contributed by atoms with Crippen molar-refractivity contribution in [3.05, 3.63) is 41.5 Å². The Morgan fingerprint density at radius 1 is 1.04 bits per heavy atom. The molecule has 1 saturated heterocycles. The van der Waals surface area contributed by atoms with E-state index in [4.69, 9.17) is 0 Å². The lowest BCUT2D eigenvalue weighted by atomic mass is 9.82. The number of hydrogen-bond acceptors (Lipinski definition) is 3. The van der Waals surface area contributed by atoms with Crippen molar-refractivity contribution < 1.29 is 14.4 Å². The molecule has 0 aromatic heterocycles. The maximum absolute atomic E-state index is 13.3. The van der Waals surface area contributed by atoms with Gasteiger partial charge in [-0.3, -0.25) is 14.4 Å². The van der Waals surface area contributed by atoms with E-state index in [1.54, 1.807) is 24.3 Å². The van der Waals surface area contributed by atoms with Crippen molar-refractivity contribution in [2.45, 2.75) is 57.9 Å². The first-order chi connectivity index (χ1) is 13.5. The van der Waals surface area contributed by atoms with Crippen molar-refractivity contribution in [2.24, 2.45) is 11.8 Å². The molecule has 0 bridgehead atoms. The fourth-order valence-corrected chi connectivity index (χ4v) is 4.95. The normalized spacial score (nSPS) is 25.5. The SMILES string of the molecule is CC1=CC[C@@H]2C(=O)N(c3ccccc3C(=O)N(C)C3CCCCC3)C(=O)[C@H]2C1. The Morgan fingerprint density at radius 2 is 1.71 bits per heavy atom. The average molecular weight is 380 g/mol. The molecule has 2 atom stereocenters. The summed E-state index contributed by atoms with van der Waals surface area (Å²) < 4.78 is 0. The average Bonchev–Trinajstić information content (AvgIpc) is 2.97. The van der Waals surface area contributed by atoms with Crippen LogP contribution in [0.4, 0.5) is 5.69 Å². The molecule has 1 saturated carbocycles. The van der Waals surface area contributed by atoms with Gasteiger partial charge in [-0.1, -0.05) is 43.0 Å². The van der Waals surface area contributed by atoms with Crippen molar-refractivity contribution in [1.29, 1.82) is 0 Å². The Bertz CT molecular complexity index is 838. The molecule has 0 radical (unpaired) electrons. The lowest BCUT2D eigenvalue weighted by Crippen LogP contribution is -2.40. The summed E-state index contributed by atoms with van der Waals surface area (Å²) in [6.45, 7) is 2.01. The minimum atomic E-state index is -0.296. The standard InChI is InChI=1S/C23H28N2O3/c1-15-12-13-17-19(14-15)23(28)25(22(17)27)20-11-7-6-10-18(20)21(26)24(2)16-8-4-3-5-9-16/h6-7,10-12,16-17,19H,3-5,8-9,13-14H2,1-2H3/t17-,19-/m0/s1. The van der Waals surface area contributed by atoms with E-state index >= 15 is 0 Å². The van der Waals surface area contributed by atoms with Crippen LogP contribution >= 0.6 is 0 Å². The Morgan fingerprint density at radius 3 is 2.46 bits per heavy atom. The molecule has 0 N–H and O–H groups in total. The predicted molar refractivity (Wildman–Crippen MR) is 108 cm³/mol. The zero-order valence-electron chi connectivity index (χ0n) is 16.7. The van der Waals surface area contributed by atoms with Crippen LogP contribution in [0.15, 0.2) is 35.9 Å². The maximum Gasteiger partial charge on any atom is 0.255 e. The summed E-state index contributed by atoms with van der Waals surface area (Å²) in [5, 5.41) is 0. The summed E-state index contributed by atoms with van der Waals surface area (Å²) in [4.78, 5) is 42.5. The summed E-state index contributed by atoms with van der Waals surface area (Å²) >= 11 is 0. The number of carbonyl (C=O) groups excluding carboxylic acids is 3. The molecule has 148 valence electrons. The molecular weight excluding hydrogens is 352 g/mol. The summed E-state index contributed by atoms with van der Waals surface area (Å²) in [7, 11) is 1.84. The number of nitrogens with zero attached hydrogens (tertiary/aromatic N) is 2. The van der Waals surface area contributed by atoms with Crippen LogP contribution in [0.25, 0.3) is 0 Å². The second-order valence-electron chi connectivity index (χ2n) is 8.44. The summed E-state index contributed by atoms with van der Waals surface area (Å²) in [6, 6.07) is 7.29. The minimum absolute atomic E-state index is 0.104. The topological polar surface area (TPSA) is 57.7 Å². The number of para-hydroxylation sites is 1. The van der Waals surface area contributed by atoms with Crippen molar-refractivity contribution in [3.8, 4) is 0 Å². The zero-order chi connectivity index (χ0) is 19.8. The maximum atomic E-state index is 13.3. The zero-order valence-corrected chi connectivity index (χ0v) is 16.7. The van der Waals surface area contributed by atoms with Crippen molar-refractivity contribution >= 4 is 23.4 Å². The van der Waals surface area contributed by atoms with Crippen molar-refractivity contribution in [1.82, 2.24) is 4.90 Å². The van der Waals surface area contributed by atoms with Gasteiger partial charge in [-0.05, 0) is 44.7 Å². The molecule has 5 nitrogen and oxygen atoms in total. The first-order valence-corrected chi connectivity index (χ1v) is 10.4.